The number of nitro groups is 1. The van der Waals surface area contributed by atoms with Gasteiger partial charge in [-0.05, 0) is 51.8 Å². The van der Waals surface area contributed by atoms with Crippen molar-refractivity contribution >= 4 is 17.3 Å². The van der Waals surface area contributed by atoms with Crippen LogP contribution in [0.25, 0.3) is 0 Å². The number of nitro benzene ring substituents is 1. The van der Waals surface area contributed by atoms with E-state index in [1.807, 2.05) is 0 Å². The van der Waals surface area contributed by atoms with Gasteiger partial charge in [0, 0.05) is 31.6 Å². The summed E-state index contributed by atoms with van der Waals surface area (Å²) < 4.78 is 0. The number of nitrogens with zero attached hydrogens (tertiary/aromatic N) is 2. The molecule has 0 spiro atoms. The van der Waals surface area contributed by atoms with Crippen molar-refractivity contribution in [3.8, 4) is 0 Å². The SMILES string of the molecule is CC1CCCCN1CCCCNC(=O)CCNc1ccccc1[N+](=O)[O-]. The van der Waals surface area contributed by atoms with E-state index in [9.17, 15) is 14.9 Å². The molecule has 2 rings (SSSR count). The van der Waals surface area contributed by atoms with Crippen molar-refractivity contribution in [2.75, 3.05) is 31.5 Å². The Morgan fingerprint density at radius 2 is 2.08 bits per heavy atom. The number of likely N-dealkylation sites (tertiary alicyclic amines) is 1. The van der Waals surface area contributed by atoms with Crippen LogP contribution in [0.5, 0.6) is 0 Å². The number of carbonyl (C=O) groups excluding carboxylic acids is 1. The number of rotatable bonds is 10. The molecule has 1 aliphatic heterocycles. The number of carbonyl (C=O) groups is 1. The fraction of sp³-hybridized carbons (Fsp3) is 0.632. The van der Waals surface area contributed by atoms with Crippen LogP contribution in [0.4, 0.5) is 11.4 Å². The smallest absolute Gasteiger partial charge is 0.292 e. The van der Waals surface area contributed by atoms with E-state index in [2.05, 4.69) is 22.5 Å². The minimum atomic E-state index is -0.425. The topological polar surface area (TPSA) is 87.5 Å². The second-order valence-corrected chi connectivity index (χ2v) is 6.89. The molecule has 7 heteroatoms. The van der Waals surface area contributed by atoms with Crippen molar-refractivity contribution in [2.45, 2.75) is 51.5 Å². The molecule has 1 amide bonds. The minimum absolute atomic E-state index is 0.0255. The molecule has 1 fully saturated rings. The van der Waals surface area contributed by atoms with Gasteiger partial charge in [-0.3, -0.25) is 14.9 Å². The summed E-state index contributed by atoms with van der Waals surface area (Å²) >= 11 is 0. The lowest BCUT2D eigenvalue weighted by molar-refractivity contribution is -0.384. The van der Waals surface area contributed by atoms with Gasteiger partial charge in [-0.15, -0.1) is 0 Å². The van der Waals surface area contributed by atoms with E-state index >= 15 is 0 Å². The number of hydrogen-bond donors (Lipinski definition) is 2. The highest BCUT2D eigenvalue weighted by molar-refractivity contribution is 5.76. The summed E-state index contributed by atoms with van der Waals surface area (Å²) in [4.78, 5) is 24.9. The summed E-state index contributed by atoms with van der Waals surface area (Å²) in [5.41, 5.74) is 0.473. The van der Waals surface area contributed by atoms with Gasteiger partial charge in [0.05, 0.1) is 4.92 Å². The van der Waals surface area contributed by atoms with Gasteiger partial charge < -0.3 is 15.5 Å². The zero-order valence-electron chi connectivity index (χ0n) is 15.6. The van der Waals surface area contributed by atoms with Crippen LogP contribution in [0.3, 0.4) is 0 Å². The molecule has 1 aromatic carbocycles. The maximum absolute atomic E-state index is 11.9. The number of para-hydroxylation sites is 2. The van der Waals surface area contributed by atoms with Gasteiger partial charge in [0.2, 0.25) is 5.91 Å². The first-order valence-corrected chi connectivity index (χ1v) is 9.56. The molecule has 0 saturated carbocycles. The van der Waals surface area contributed by atoms with Gasteiger partial charge in [-0.1, -0.05) is 18.6 Å². The third-order valence-corrected chi connectivity index (χ3v) is 4.90. The zero-order valence-corrected chi connectivity index (χ0v) is 15.6. The molecule has 1 aliphatic rings. The van der Waals surface area contributed by atoms with Crippen LogP contribution < -0.4 is 10.6 Å². The van der Waals surface area contributed by atoms with Crippen LogP contribution in [-0.2, 0) is 4.79 Å². The molecule has 1 unspecified atom stereocenters. The minimum Gasteiger partial charge on any atom is -0.379 e. The summed E-state index contributed by atoms with van der Waals surface area (Å²) in [5, 5.41) is 16.8. The van der Waals surface area contributed by atoms with Crippen molar-refractivity contribution in [3.05, 3.63) is 34.4 Å². The molecule has 1 atom stereocenters. The number of hydrogen-bond acceptors (Lipinski definition) is 5. The van der Waals surface area contributed by atoms with Crippen LogP contribution in [0, 0.1) is 10.1 Å². The lowest BCUT2D eigenvalue weighted by Crippen LogP contribution is -2.38. The average Bonchev–Trinajstić information content (AvgIpc) is 2.63. The Kier molecular flexibility index (Phi) is 8.34. The normalized spacial score (nSPS) is 17.7. The Morgan fingerprint density at radius 3 is 2.85 bits per heavy atom. The first kappa shape index (κ1) is 20.2. The molecule has 2 N–H and O–H groups in total. The maximum atomic E-state index is 11.9. The third kappa shape index (κ3) is 6.63. The van der Waals surface area contributed by atoms with Crippen molar-refractivity contribution in [2.24, 2.45) is 0 Å². The van der Waals surface area contributed by atoms with E-state index in [4.69, 9.17) is 0 Å². The van der Waals surface area contributed by atoms with E-state index in [1.54, 1.807) is 18.2 Å². The quantitative estimate of drug-likeness (QED) is 0.379. The summed E-state index contributed by atoms with van der Waals surface area (Å²) in [7, 11) is 0. The van der Waals surface area contributed by atoms with Crippen LogP contribution >= 0.6 is 0 Å². The van der Waals surface area contributed by atoms with Crippen molar-refractivity contribution in [3.63, 3.8) is 0 Å². The van der Waals surface area contributed by atoms with E-state index in [1.165, 1.54) is 31.9 Å². The molecule has 1 saturated heterocycles. The van der Waals surface area contributed by atoms with Crippen LogP contribution in [-0.4, -0.2) is 48.0 Å². The maximum Gasteiger partial charge on any atom is 0.292 e. The van der Waals surface area contributed by atoms with Crippen molar-refractivity contribution in [1.29, 1.82) is 0 Å². The van der Waals surface area contributed by atoms with Gasteiger partial charge >= 0.3 is 0 Å². The number of anilines is 1. The average molecular weight is 362 g/mol. The van der Waals surface area contributed by atoms with Crippen molar-refractivity contribution in [1.82, 2.24) is 10.2 Å². The van der Waals surface area contributed by atoms with E-state index in [0.29, 0.717) is 31.2 Å². The molecule has 7 nitrogen and oxygen atoms in total. The molecule has 144 valence electrons. The molecule has 0 aliphatic carbocycles. The molecule has 1 heterocycles. The van der Waals surface area contributed by atoms with Gasteiger partial charge in [-0.25, -0.2) is 0 Å². The molecule has 0 bridgehead atoms. The summed E-state index contributed by atoms with van der Waals surface area (Å²) in [6.07, 6.45) is 6.31. The predicted molar refractivity (Wildman–Crippen MR) is 103 cm³/mol. The van der Waals surface area contributed by atoms with Gasteiger partial charge in [0.25, 0.3) is 5.69 Å². The van der Waals surface area contributed by atoms with Crippen LogP contribution in [0.1, 0.15) is 45.4 Å². The Bertz CT molecular complexity index is 594. The highest BCUT2D eigenvalue weighted by Crippen LogP contribution is 2.22. The number of nitrogens with one attached hydrogen (secondary N) is 2. The summed E-state index contributed by atoms with van der Waals surface area (Å²) in [6, 6.07) is 7.15. The monoisotopic (exact) mass is 362 g/mol. The van der Waals surface area contributed by atoms with Crippen LogP contribution in [0.2, 0.25) is 0 Å². The fourth-order valence-electron chi connectivity index (χ4n) is 3.34. The Labute approximate surface area is 155 Å². The Balaban J connectivity index is 1.56. The molecular formula is C19H30N4O3. The second kappa shape index (κ2) is 10.8. The largest absolute Gasteiger partial charge is 0.379 e. The summed E-state index contributed by atoms with van der Waals surface area (Å²) in [5.74, 6) is -0.0255. The number of unbranched alkanes of at least 4 members (excludes halogenated alkanes) is 1. The van der Waals surface area contributed by atoms with E-state index in [0.717, 1.165) is 19.4 Å². The molecule has 1 aromatic rings. The highest BCUT2D eigenvalue weighted by Gasteiger charge is 2.17. The van der Waals surface area contributed by atoms with E-state index < -0.39 is 4.92 Å². The molecule has 0 radical (unpaired) electrons. The van der Waals surface area contributed by atoms with Gasteiger partial charge in [-0.2, -0.15) is 0 Å². The van der Waals surface area contributed by atoms with Gasteiger partial charge in [0.1, 0.15) is 5.69 Å². The first-order valence-electron chi connectivity index (χ1n) is 9.56. The lowest BCUT2D eigenvalue weighted by Gasteiger charge is -2.33. The molecule has 26 heavy (non-hydrogen) atoms. The lowest BCUT2D eigenvalue weighted by atomic mass is 10.0. The number of amides is 1. The first-order chi connectivity index (χ1) is 12.6. The Morgan fingerprint density at radius 1 is 1.27 bits per heavy atom. The number of benzene rings is 1. The van der Waals surface area contributed by atoms with Gasteiger partial charge in [0.15, 0.2) is 0 Å². The summed E-state index contributed by atoms with van der Waals surface area (Å²) in [6.45, 7) is 5.67. The predicted octanol–water partition coefficient (Wildman–Crippen LogP) is 3.17. The molecular weight excluding hydrogens is 332 g/mol. The zero-order chi connectivity index (χ0) is 18.8. The van der Waals surface area contributed by atoms with Crippen molar-refractivity contribution < 1.29 is 9.72 Å². The number of piperidine rings is 1. The third-order valence-electron chi connectivity index (χ3n) is 4.90. The van der Waals surface area contributed by atoms with Crippen LogP contribution in [0.15, 0.2) is 24.3 Å². The Hall–Kier alpha value is -2.15. The van der Waals surface area contributed by atoms with E-state index in [-0.39, 0.29) is 11.6 Å². The standard InChI is InChI=1S/C19H30N4O3/c1-16-8-4-6-14-22(16)15-7-5-12-21-19(24)11-13-20-17-9-2-3-10-18(17)23(25)26/h2-3,9-10,16,20H,4-8,11-15H2,1H3,(H,21,24). The molecule has 0 aromatic heterocycles. The second-order valence-electron chi connectivity index (χ2n) is 6.89. The fourth-order valence-corrected chi connectivity index (χ4v) is 3.34. The highest BCUT2D eigenvalue weighted by atomic mass is 16.6.